The number of benzene rings is 2. The van der Waals surface area contributed by atoms with E-state index in [4.69, 9.17) is 0 Å². The van der Waals surface area contributed by atoms with Crippen LogP contribution in [0.4, 0.5) is 5.69 Å². The molecule has 0 aromatic heterocycles. The molecule has 0 spiro atoms. The average Bonchev–Trinajstić information content (AvgIpc) is 2.52. The number of hydrogen-bond acceptors (Lipinski definition) is 2. The van der Waals surface area contributed by atoms with Gasteiger partial charge in [-0.05, 0) is 42.7 Å². The molecule has 0 atom stereocenters. The quantitative estimate of drug-likeness (QED) is 0.823. The van der Waals surface area contributed by atoms with E-state index in [1.54, 1.807) is 12.1 Å². The molecule has 2 N–H and O–H groups in total. The van der Waals surface area contributed by atoms with Crippen molar-refractivity contribution in [3.8, 4) is 0 Å². The molecule has 0 bridgehead atoms. The van der Waals surface area contributed by atoms with E-state index in [2.05, 4.69) is 26.6 Å². The summed E-state index contributed by atoms with van der Waals surface area (Å²) in [5, 5.41) is 5.20. The molecule has 2 amide bonds. The van der Waals surface area contributed by atoms with Crippen LogP contribution in [-0.4, -0.2) is 18.4 Å². The van der Waals surface area contributed by atoms with E-state index in [9.17, 15) is 9.59 Å². The Morgan fingerprint density at radius 2 is 1.77 bits per heavy atom. The SMILES string of the molecule is Cc1cc(NC(=O)C(=O)NCCc2ccccc2)ccc1Br. The third-order valence-electron chi connectivity index (χ3n) is 3.16. The predicted molar refractivity (Wildman–Crippen MR) is 90.7 cm³/mol. The summed E-state index contributed by atoms with van der Waals surface area (Å²) in [6.45, 7) is 2.34. The van der Waals surface area contributed by atoms with Crippen LogP contribution in [-0.2, 0) is 16.0 Å². The zero-order valence-electron chi connectivity index (χ0n) is 12.2. The summed E-state index contributed by atoms with van der Waals surface area (Å²) in [5.41, 5.74) is 2.71. The summed E-state index contributed by atoms with van der Waals surface area (Å²) in [6.07, 6.45) is 0.692. The third-order valence-corrected chi connectivity index (χ3v) is 4.05. The number of hydrogen-bond donors (Lipinski definition) is 2. The van der Waals surface area contributed by atoms with Crippen LogP contribution >= 0.6 is 15.9 Å². The van der Waals surface area contributed by atoms with E-state index in [0.29, 0.717) is 18.7 Å². The highest BCUT2D eigenvalue weighted by Gasteiger charge is 2.13. The van der Waals surface area contributed by atoms with Gasteiger partial charge in [0.05, 0.1) is 0 Å². The number of rotatable bonds is 4. The minimum atomic E-state index is -0.658. The predicted octanol–water partition coefficient (Wildman–Crippen LogP) is 3.05. The Morgan fingerprint density at radius 3 is 2.45 bits per heavy atom. The van der Waals surface area contributed by atoms with E-state index >= 15 is 0 Å². The molecule has 2 aromatic rings. The summed E-state index contributed by atoms with van der Waals surface area (Å²) in [6, 6.07) is 15.2. The van der Waals surface area contributed by atoms with Gasteiger partial charge < -0.3 is 10.6 Å². The number of anilines is 1. The summed E-state index contributed by atoms with van der Waals surface area (Å²) in [4.78, 5) is 23.6. The minimum absolute atomic E-state index is 0.426. The largest absolute Gasteiger partial charge is 0.347 e. The molecular formula is C17H17BrN2O2. The zero-order chi connectivity index (χ0) is 15.9. The van der Waals surface area contributed by atoms with Crippen molar-refractivity contribution in [1.29, 1.82) is 0 Å². The van der Waals surface area contributed by atoms with Gasteiger partial charge >= 0.3 is 11.8 Å². The van der Waals surface area contributed by atoms with Gasteiger partial charge in [0.1, 0.15) is 0 Å². The Balaban J connectivity index is 1.82. The number of nitrogens with one attached hydrogen (secondary N) is 2. The Bertz CT molecular complexity index is 672. The Hall–Kier alpha value is -2.14. The summed E-state index contributed by atoms with van der Waals surface area (Å²) in [7, 11) is 0. The van der Waals surface area contributed by atoms with E-state index in [-0.39, 0.29) is 0 Å². The standard InChI is InChI=1S/C17H17BrN2O2/c1-12-11-14(7-8-15(12)18)20-17(22)16(21)19-10-9-13-5-3-2-4-6-13/h2-8,11H,9-10H2,1H3,(H,19,21)(H,20,22). The smallest absolute Gasteiger partial charge is 0.313 e. The molecule has 0 aliphatic heterocycles. The Morgan fingerprint density at radius 1 is 1.05 bits per heavy atom. The van der Waals surface area contributed by atoms with Crippen LogP contribution in [0.25, 0.3) is 0 Å². The first-order chi connectivity index (χ1) is 10.6. The number of amides is 2. The molecule has 114 valence electrons. The monoisotopic (exact) mass is 360 g/mol. The first kappa shape index (κ1) is 16.2. The third kappa shape index (κ3) is 4.70. The number of carbonyl (C=O) groups excluding carboxylic acids is 2. The second-order valence-electron chi connectivity index (χ2n) is 4.91. The van der Waals surface area contributed by atoms with Gasteiger partial charge in [0.15, 0.2) is 0 Å². The molecule has 22 heavy (non-hydrogen) atoms. The van der Waals surface area contributed by atoms with E-state index < -0.39 is 11.8 Å². The molecule has 5 heteroatoms. The van der Waals surface area contributed by atoms with Crippen LogP contribution in [0.5, 0.6) is 0 Å². The van der Waals surface area contributed by atoms with Gasteiger partial charge in [-0.25, -0.2) is 0 Å². The van der Waals surface area contributed by atoms with Crippen molar-refractivity contribution >= 4 is 33.4 Å². The van der Waals surface area contributed by atoms with Crippen LogP contribution in [0, 0.1) is 6.92 Å². The van der Waals surface area contributed by atoms with E-state index in [1.807, 2.05) is 43.3 Å². The lowest BCUT2D eigenvalue weighted by atomic mass is 10.1. The van der Waals surface area contributed by atoms with E-state index in [1.165, 1.54) is 0 Å². The Kier molecular flexibility index (Phi) is 5.72. The molecule has 0 saturated heterocycles. The zero-order valence-corrected chi connectivity index (χ0v) is 13.8. The second kappa shape index (κ2) is 7.75. The fourth-order valence-corrected chi connectivity index (χ4v) is 2.20. The molecule has 4 nitrogen and oxygen atoms in total. The van der Waals surface area contributed by atoms with Crippen LogP contribution < -0.4 is 10.6 Å². The van der Waals surface area contributed by atoms with Gasteiger partial charge in [-0.15, -0.1) is 0 Å². The van der Waals surface area contributed by atoms with Crippen molar-refractivity contribution in [3.63, 3.8) is 0 Å². The molecule has 0 aliphatic carbocycles. The average molecular weight is 361 g/mol. The highest BCUT2D eigenvalue weighted by molar-refractivity contribution is 9.10. The number of halogens is 1. The van der Waals surface area contributed by atoms with Crippen LogP contribution in [0.2, 0.25) is 0 Å². The highest BCUT2D eigenvalue weighted by Crippen LogP contribution is 2.19. The highest BCUT2D eigenvalue weighted by atomic mass is 79.9. The fraction of sp³-hybridized carbons (Fsp3) is 0.176. The summed E-state index contributed by atoms with van der Waals surface area (Å²) < 4.78 is 0.956. The maximum Gasteiger partial charge on any atom is 0.313 e. The molecule has 0 saturated carbocycles. The van der Waals surface area contributed by atoms with Crippen molar-refractivity contribution in [1.82, 2.24) is 5.32 Å². The maximum atomic E-state index is 11.8. The molecule has 2 rings (SSSR count). The number of aryl methyl sites for hydroxylation is 1. The molecule has 0 fully saturated rings. The first-order valence-corrected chi connectivity index (χ1v) is 7.75. The van der Waals surface area contributed by atoms with Crippen molar-refractivity contribution in [2.45, 2.75) is 13.3 Å². The fourth-order valence-electron chi connectivity index (χ4n) is 1.96. The second-order valence-corrected chi connectivity index (χ2v) is 5.76. The normalized spacial score (nSPS) is 10.1. The van der Waals surface area contributed by atoms with Crippen molar-refractivity contribution in [2.24, 2.45) is 0 Å². The molecule has 2 aromatic carbocycles. The van der Waals surface area contributed by atoms with Gasteiger partial charge in [-0.1, -0.05) is 46.3 Å². The van der Waals surface area contributed by atoms with Gasteiger partial charge in [0.2, 0.25) is 0 Å². The minimum Gasteiger partial charge on any atom is -0.347 e. The van der Waals surface area contributed by atoms with Gasteiger partial charge in [0, 0.05) is 16.7 Å². The van der Waals surface area contributed by atoms with Gasteiger partial charge in [0.25, 0.3) is 0 Å². The number of carbonyl (C=O) groups is 2. The van der Waals surface area contributed by atoms with Crippen LogP contribution in [0.15, 0.2) is 53.0 Å². The van der Waals surface area contributed by atoms with Crippen molar-refractivity contribution < 1.29 is 9.59 Å². The molecular weight excluding hydrogens is 344 g/mol. The molecule has 0 heterocycles. The van der Waals surface area contributed by atoms with Gasteiger partial charge in [-0.3, -0.25) is 9.59 Å². The van der Waals surface area contributed by atoms with Crippen LogP contribution in [0.3, 0.4) is 0 Å². The molecule has 0 radical (unpaired) electrons. The lowest BCUT2D eigenvalue weighted by molar-refractivity contribution is -0.136. The van der Waals surface area contributed by atoms with Crippen molar-refractivity contribution in [2.75, 3.05) is 11.9 Å². The summed E-state index contributed by atoms with van der Waals surface area (Å²) in [5.74, 6) is -1.29. The first-order valence-electron chi connectivity index (χ1n) is 6.95. The molecule has 0 unspecified atom stereocenters. The lowest BCUT2D eigenvalue weighted by Crippen LogP contribution is -2.36. The molecule has 0 aliphatic rings. The topological polar surface area (TPSA) is 58.2 Å². The summed E-state index contributed by atoms with van der Waals surface area (Å²) >= 11 is 3.39. The maximum absolute atomic E-state index is 11.8. The lowest BCUT2D eigenvalue weighted by Gasteiger charge is -2.08. The van der Waals surface area contributed by atoms with Gasteiger partial charge in [-0.2, -0.15) is 0 Å². The van der Waals surface area contributed by atoms with E-state index in [0.717, 1.165) is 15.6 Å². The van der Waals surface area contributed by atoms with Crippen LogP contribution in [0.1, 0.15) is 11.1 Å². The van der Waals surface area contributed by atoms with Crippen molar-refractivity contribution in [3.05, 3.63) is 64.1 Å². The Labute approximate surface area is 138 Å².